The van der Waals surface area contributed by atoms with Crippen molar-refractivity contribution in [3.8, 4) is 0 Å². The first kappa shape index (κ1) is 15.1. The first-order valence-corrected chi connectivity index (χ1v) is 7.39. The molecule has 5 nitrogen and oxygen atoms in total. The summed E-state index contributed by atoms with van der Waals surface area (Å²) in [5, 5.41) is 7.54. The van der Waals surface area contributed by atoms with Crippen LogP contribution in [0.4, 0.5) is 5.69 Å². The van der Waals surface area contributed by atoms with E-state index in [2.05, 4.69) is 28.8 Å². The highest BCUT2D eigenvalue weighted by Crippen LogP contribution is 2.19. The van der Waals surface area contributed by atoms with Crippen LogP contribution in [0, 0.1) is 0 Å². The molecule has 1 fully saturated rings. The van der Waals surface area contributed by atoms with E-state index in [1.54, 1.807) is 12.3 Å². The number of nitrogens with one attached hydrogen (secondary N) is 1. The number of halogens is 1. The molecule has 1 aromatic rings. The number of hydrogen-bond acceptors (Lipinski definition) is 4. The van der Waals surface area contributed by atoms with Gasteiger partial charge in [0.25, 0.3) is 5.56 Å². The molecule has 0 spiro atoms. The Labute approximate surface area is 124 Å². The first-order chi connectivity index (χ1) is 9.67. The molecule has 0 bridgehead atoms. The fourth-order valence-corrected chi connectivity index (χ4v) is 2.82. The molecule has 2 heterocycles. The summed E-state index contributed by atoms with van der Waals surface area (Å²) in [5.74, 6) is 0. The van der Waals surface area contributed by atoms with Crippen molar-refractivity contribution in [2.45, 2.75) is 32.4 Å². The van der Waals surface area contributed by atoms with Crippen LogP contribution in [0.2, 0.25) is 5.02 Å². The number of allylic oxidation sites excluding steroid dienone is 1. The average Bonchev–Trinajstić information content (AvgIpc) is 2.91. The van der Waals surface area contributed by atoms with Gasteiger partial charge in [-0.2, -0.15) is 5.10 Å². The van der Waals surface area contributed by atoms with Gasteiger partial charge in [0.15, 0.2) is 0 Å². The molecule has 0 saturated carbocycles. The van der Waals surface area contributed by atoms with Crippen LogP contribution in [0.1, 0.15) is 19.8 Å². The second-order valence-corrected chi connectivity index (χ2v) is 5.33. The molecule has 1 aliphatic rings. The molecule has 20 heavy (non-hydrogen) atoms. The second-order valence-electron chi connectivity index (χ2n) is 4.95. The molecule has 1 aliphatic heterocycles. The third kappa shape index (κ3) is 3.22. The van der Waals surface area contributed by atoms with Gasteiger partial charge in [0.05, 0.1) is 18.4 Å². The summed E-state index contributed by atoms with van der Waals surface area (Å²) in [6.45, 7) is 9.12. The van der Waals surface area contributed by atoms with Crippen LogP contribution in [0.3, 0.4) is 0 Å². The molecule has 110 valence electrons. The van der Waals surface area contributed by atoms with E-state index in [9.17, 15) is 4.79 Å². The van der Waals surface area contributed by atoms with Gasteiger partial charge >= 0.3 is 0 Å². The van der Waals surface area contributed by atoms with Crippen LogP contribution >= 0.6 is 11.6 Å². The van der Waals surface area contributed by atoms with E-state index < -0.39 is 0 Å². The minimum Gasteiger partial charge on any atom is -0.381 e. The Morgan fingerprint density at radius 3 is 3.15 bits per heavy atom. The van der Waals surface area contributed by atoms with Crippen molar-refractivity contribution in [2.24, 2.45) is 0 Å². The Balaban J connectivity index is 2.05. The van der Waals surface area contributed by atoms with E-state index in [4.69, 9.17) is 11.6 Å². The molecule has 1 aromatic heterocycles. The molecule has 0 radical (unpaired) electrons. The normalized spacial score (nSPS) is 19.2. The zero-order valence-electron chi connectivity index (χ0n) is 11.8. The lowest BCUT2D eigenvalue weighted by molar-refractivity contribution is 0.277. The zero-order chi connectivity index (χ0) is 14.5. The predicted molar refractivity (Wildman–Crippen MR) is 82.5 cm³/mol. The summed E-state index contributed by atoms with van der Waals surface area (Å²) >= 11 is 6.11. The average molecular weight is 297 g/mol. The highest BCUT2D eigenvalue weighted by atomic mass is 35.5. The van der Waals surface area contributed by atoms with Crippen molar-refractivity contribution >= 4 is 17.3 Å². The molecule has 0 amide bonds. The molecule has 1 unspecified atom stereocenters. The summed E-state index contributed by atoms with van der Waals surface area (Å²) in [7, 11) is 0. The number of nitrogens with zero attached hydrogens (tertiary/aromatic N) is 3. The van der Waals surface area contributed by atoms with Gasteiger partial charge in [0.2, 0.25) is 0 Å². The summed E-state index contributed by atoms with van der Waals surface area (Å²) in [6, 6.07) is 0.506. The van der Waals surface area contributed by atoms with Gasteiger partial charge < -0.3 is 5.32 Å². The molecule has 6 heteroatoms. The summed E-state index contributed by atoms with van der Waals surface area (Å²) in [6.07, 6.45) is 5.64. The SMILES string of the molecule is C=CCn1ncc(NCC2CCCN2CC)c(Cl)c1=O. The van der Waals surface area contributed by atoms with E-state index in [0.717, 1.165) is 19.6 Å². The number of aromatic nitrogens is 2. The topological polar surface area (TPSA) is 50.2 Å². The van der Waals surface area contributed by atoms with Gasteiger partial charge in [0.1, 0.15) is 5.02 Å². The second kappa shape index (κ2) is 6.90. The third-order valence-electron chi connectivity index (χ3n) is 3.72. The zero-order valence-corrected chi connectivity index (χ0v) is 12.6. The molecular weight excluding hydrogens is 276 g/mol. The van der Waals surface area contributed by atoms with Crippen LogP contribution < -0.4 is 10.9 Å². The Morgan fingerprint density at radius 1 is 1.65 bits per heavy atom. The van der Waals surface area contributed by atoms with Gasteiger partial charge in [-0.15, -0.1) is 6.58 Å². The lowest BCUT2D eigenvalue weighted by Gasteiger charge is -2.23. The van der Waals surface area contributed by atoms with Gasteiger partial charge in [-0.05, 0) is 25.9 Å². The summed E-state index contributed by atoms with van der Waals surface area (Å²) in [5.41, 5.74) is 0.329. The van der Waals surface area contributed by atoms with E-state index in [1.165, 1.54) is 17.5 Å². The number of likely N-dealkylation sites (tertiary alicyclic amines) is 1. The van der Waals surface area contributed by atoms with E-state index in [-0.39, 0.29) is 10.6 Å². The standard InChI is InChI=1S/C14H21ClN4O/c1-3-7-19-14(20)13(15)12(10-17-19)16-9-11-6-5-8-18(11)4-2/h3,10-11,16H,1,4-9H2,2H3. The predicted octanol–water partition coefficient (Wildman–Crippen LogP) is 1.98. The Morgan fingerprint density at radius 2 is 2.45 bits per heavy atom. The summed E-state index contributed by atoms with van der Waals surface area (Å²) < 4.78 is 1.30. The third-order valence-corrected chi connectivity index (χ3v) is 4.09. The summed E-state index contributed by atoms with van der Waals surface area (Å²) in [4.78, 5) is 14.4. The van der Waals surface area contributed by atoms with Gasteiger partial charge in [-0.25, -0.2) is 4.68 Å². The molecule has 0 aliphatic carbocycles. The van der Waals surface area contributed by atoms with Crippen molar-refractivity contribution in [1.29, 1.82) is 0 Å². The minimum absolute atomic E-state index is 0.197. The monoisotopic (exact) mass is 296 g/mol. The fourth-order valence-electron chi connectivity index (χ4n) is 2.61. The maximum Gasteiger partial charge on any atom is 0.287 e. The molecule has 2 rings (SSSR count). The van der Waals surface area contributed by atoms with Crippen molar-refractivity contribution in [1.82, 2.24) is 14.7 Å². The molecular formula is C14H21ClN4O. The lowest BCUT2D eigenvalue weighted by Crippen LogP contribution is -2.35. The van der Waals surface area contributed by atoms with Gasteiger partial charge in [0, 0.05) is 12.6 Å². The molecule has 1 N–H and O–H groups in total. The first-order valence-electron chi connectivity index (χ1n) is 7.01. The van der Waals surface area contributed by atoms with Crippen molar-refractivity contribution in [3.05, 3.63) is 34.2 Å². The largest absolute Gasteiger partial charge is 0.381 e. The van der Waals surface area contributed by atoms with Crippen molar-refractivity contribution < 1.29 is 0 Å². The van der Waals surface area contributed by atoms with Crippen molar-refractivity contribution in [3.63, 3.8) is 0 Å². The Hall–Kier alpha value is -1.33. The number of likely N-dealkylation sites (N-methyl/N-ethyl adjacent to an activating group) is 1. The maximum absolute atomic E-state index is 12.0. The quantitative estimate of drug-likeness (QED) is 0.816. The maximum atomic E-state index is 12.0. The van der Waals surface area contributed by atoms with E-state index in [0.29, 0.717) is 18.3 Å². The minimum atomic E-state index is -0.282. The lowest BCUT2D eigenvalue weighted by atomic mass is 10.2. The van der Waals surface area contributed by atoms with E-state index in [1.807, 2.05) is 0 Å². The fraction of sp³-hybridized carbons (Fsp3) is 0.571. The number of anilines is 1. The number of hydrogen-bond donors (Lipinski definition) is 1. The smallest absolute Gasteiger partial charge is 0.287 e. The highest BCUT2D eigenvalue weighted by molar-refractivity contribution is 6.32. The van der Waals surface area contributed by atoms with Crippen LogP contribution in [-0.2, 0) is 6.54 Å². The Bertz CT molecular complexity index is 528. The van der Waals surface area contributed by atoms with Crippen LogP contribution in [-0.4, -0.2) is 40.4 Å². The van der Waals surface area contributed by atoms with Gasteiger partial charge in [-0.1, -0.05) is 24.6 Å². The molecule has 1 saturated heterocycles. The van der Waals surface area contributed by atoms with Crippen LogP contribution in [0.5, 0.6) is 0 Å². The van der Waals surface area contributed by atoms with E-state index >= 15 is 0 Å². The van der Waals surface area contributed by atoms with Crippen molar-refractivity contribution in [2.75, 3.05) is 25.0 Å². The number of rotatable bonds is 6. The highest BCUT2D eigenvalue weighted by Gasteiger charge is 2.22. The Kier molecular flexibility index (Phi) is 5.20. The van der Waals surface area contributed by atoms with Gasteiger partial charge in [-0.3, -0.25) is 9.69 Å². The molecule has 0 aromatic carbocycles. The van der Waals surface area contributed by atoms with Crippen LogP contribution in [0.15, 0.2) is 23.6 Å². The van der Waals surface area contributed by atoms with Crippen LogP contribution in [0.25, 0.3) is 0 Å². The molecule has 1 atom stereocenters.